The van der Waals surface area contributed by atoms with Gasteiger partial charge in [0.05, 0.1) is 7.11 Å². The fourth-order valence-electron chi connectivity index (χ4n) is 1.63. The number of carbonyl (C=O) groups is 1. The van der Waals surface area contributed by atoms with E-state index in [0.717, 1.165) is 14.0 Å². The molecule has 2 nitrogen and oxygen atoms in total. The van der Waals surface area contributed by atoms with Crippen molar-refractivity contribution in [2.45, 2.75) is 10.1 Å². The van der Waals surface area contributed by atoms with E-state index in [4.69, 9.17) is 4.74 Å². The molecule has 2 rings (SSSR count). The number of thioether (sulfide) groups is 1. The summed E-state index contributed by atoms with van der Waals surface area (Å²) in [4.78, 5) is 13.0. The summed E-state index contributed by atoms with van der Waals surface area (Å²) in [6.45, 7) is 0. The zero-order chi connectivity index (χ0) is 13.7. The first-order valence-electron chi connectivity index (χ1n) is 5.75. The first-order valence-corrected chi connectivity index (χ1v) is 7.71. The van der Waals surface area contributed by atoms with Crippen molar-refractivity contribution >= 4 is 40.3 Å². The highest BCUT2D eigenvalue weighted by Crippen LogP contribution is 2.36. The summed E-state index contributed by atoms with van der Waals surface area (Å²) in [5.74, 6) is -0.227. The normalized spacial score (nSPS) is 11.9. The fraction of sp³-hybridized carbons (Fsp3) is 0.133. The zero-order valence-corrected chi connectivity index (χ0v) is 13.4. The van der Waals surface area contributed by atoms with Crippen molar-refractivity contribution in [1.29, 1.82) is 0 Å². The van der Waals surface area contributed by atoms with Crippen LogP contribution in [0.25, 0.3) is 0 Å². The summed E-state index contributed by atoms with van der Waals surface area (Å²) in [5, 5.41) is -0.329. The lowest BCUT2D eigenvalue weighted by atomic mass is 10.1. The highest BCUT2D eigenvalue weighted by molar-refractivity contribution is 14.1. The van der Waals surface area contributed by atoms with Gasteiger partial charge < -0.3 is 4.74 Å². The van der Waals surface area contributed by atoms with Gasteiger partial charge in [-0.3, -0.25) is 4.79 Å². The minimum atomic E-state index is -0.329. The Hall–Kier alpha value is -1.01. The van der Waals surface area contributed by atoms with Gasteiger partial charge in [-0.25, -0.2) is 0 Å². The number of benzene rings is 2. The Balaban J connectivity index is 2.26. The van der Waals surface area contributed by atoms with E-state index in [2.05, 4.69) is 22.6 Å². The lowest BCUT2D eigenvalue weighted by Crippen LogP contribution is -2.11. The molecule has 0 radical (unpaired) electrons. The molecule has 0 aliphatic rings. The van der Waals surface area contributed by atoms with E-state index in [-0.39, 0.29) is 11.2 Å². The highest BCUT2D eigenvalue weighted by Gasteiger charge is 2.22. The fourth-order valence-corrected chi connectivity index (χ4v) is 3.06. The van der Waals surface area contributed by atoms with Crippen LogP contribution in [0.4, 0.5) is 0 Å². The molecule has 0 saturated carbocycles. The number of halogens is 1. The van der Waals surface area contributed by atoms with Gasteiger partial charge in [-0.05, 0) is 52.4 Å². The summed E-state index contributed by atoms with van der Waals surface area (Å²) in [7, 11) is 1.42. The second-order valence-electron chi connectivity index (χ2n) is 3.89. The molecular weight excluding hydrogens is 371 g/mol. The van der Waals surface area contributed by atoms with Gasteiger partial charge in [0.2, 0.25) is 0 Å². The van der Waals surface area contributed by atoms with Gasteiger partial charge in [-0.1, -0.05) is 30.3 Å². The van der Waals surface area contributed by atoms with E-state index < -0.39 is 0 Å². The third kappa shape index (κ3) is 3.98. The SMILES string of the molecule is COC(=O)C(Sc1ccccc1)c1ccc(I)cc1. The van der Waals surface area contributed by atoms with Crippen molar-refractivity contribution < 1.29 is 9.53 Å². The molecule has 19 heavy (non-hydrogen) atoms. The molecule has 0 aromatic heterocycles. The van der Waals surface area contributed by atoms with Crippen molar-refractivity contribution in [1.82, 2.24) is 0 Å². The van der Waals surface area contributed by atoms with Crippen molar-refractivity contribution in [3.63, 3.8) is 0 Å². The van der Waals surface area contributed by atoms with Crippen LogP contribution in [0.15, 0.2) is 59.5 Å². The van der Waals surface area contributed by atoms with Crippen molar-refractivity contribution in [3.05, 3.63) is 63.7 Å². The molecule has 2 aromatic carbocycles. The van der Waals surface area contributed by atoms with Crippen molar-refractivity contribution in [2.75, 3.05) is 7.11 Å². The van der Waals surface area contributed by atoms with E-state index in [0.29, 0.717) is 0 Å². The van der Waals surface area contributed by atoms with E-state index in [1.165, 1.54) is 18.9 Å². The van der Waals surface area contributed by atoms with Crippen molar-refractivity contribution in [2.24, 2.45) is 0 Å². The monoisotopic (exact) mass is 384 g/mol. The standard InChI is InChI=1S/C15H13IO2S/c1-18-15(17)14(11-7-9-12(16)10-8-11)19-13-5-3-2-4-6-13/h2-10,14H,1H3. The van der Waals surface area contributed by atoms with Gasteiger partial charge in [0.15, 0.2) is 0 Å². The first-order chi connectivity index (χ1) is 9.20. The average molecular weight is 384 g/mol. The summed E-state index contributed by atoms with van der Waals surface area (Å²) in [6.07, 6.45) is 0. The largest absolute Gasteiger partial charge is 0.468 e. The maximum absolute atomic E-state index is 12.0. The number of hydrogen-bond donors (Lipinski definition) is 0. The number of rotatable bonds is 4. The molecule has 0 amide bonds. The molecule has 0 aliphatic heterocycles. The van der Waals surface area contributed by atoms with Crippen LogP contribution in [0, 0.1) is 3.57 Å². The number of methoxy groups -OCH3 is 1. The molecule has 2 aromatic rings. The van der Waals surface area contributed by atoms with Gasteiger partial charge >= 0.3 is 5.97 Å². The third-order valence-electron chi connectivity index (χ3n) is 2.59. The molecule has 0 heterocycles. The molecule has 0 bridgehead atoms. The summed E-state index contributed by atoms with van der Waals surface area (Å²) < 4.78 is 6.06. The first kappa shape index (κ1) is 14.4. The number of carbonyl (C=O) groups excluding carboxylic acids is 1. The Kier molecular flexibility index (Phi) is 5.27. The minimum Gasteiger partial charge on any atom is -0.468 e. The van der Waals surface area contributed by atoms with Crippen LogP contribution in [0.5, 0.6) is 0 Å². The predicted octanol–water partition coefficient (Wildman–Crippen LogP) is 4.30. The van der Waals surface area contributed by atoms with E-state index in [9.17, 15) is 4.79 Å². The van der Waals surface area contributed by atoms with Gasteiger partial charge in [0.25, 0.3) is 0 Å². The molecule has 0 fully saturated rings. The lowest BCUT2D eigenvalue weighted by Gasteiger charge is -2.14. The molecule has 0 spiro atoms. The van der Waals surface area contributed by atoms with Crippen LogP contribution >= 0.6 is 34.4 Å². The smallest absolute Gasteiger partial charge is 0.323 e. The average Bonchev–Trinajstić information content (AvgIpc) is 2.46. The van der Waals surface area contributed by atoms with Gasteiger partial charge in [0, 0.05) is 8.47 Å². The molecule has 0 saturated heterocycles. The summed E-state index contributed by atoms with van der Waals surface area (Å²) in [5.41, 5.74) is 0.959. The lowest BCUT2D eigenvalue weighted by molar-refractivity contribution is -0.140. The second-order valence-corrected chi connectivity index (χ2v) is 6.31. The molecular formula is C15H13IO2S. The Morgan fingerprint density at radius 1 is 1.11 bits per heavy atom. The summed E-state index contributed by atoms with van der Waals surface area (Å²) >= 11 is 3.75. The van der Waals surface area contributed by atoms with Crippen LogP contribution in [0.1, 0.15) is 10.8 Å². The predicted molar refractivity (Wildman–Crippen MR) is 86.2 cm³/mol. The number of hydrogen-bond acceptors (Lipinski definition) is 3. The Labute approximate surface area is 130 Å². The van der Waals surface area contributed by atoms with Crippen LogP contribution in [-0.2, 0) is 9.53 Å². The maximum atomic E-state index is 12.0. The van der Waals surface area contributed by atoms with Gasteiger partial charge in [0.1, 0.15) is 5.25 Å². The summed E-state index contributed by atoms with van der Waals surface area (Å²) in [6, 6.07) is 17.8. The van der Waals surface area contributed by atoms with Gasteiger partial charge in [-0.2, -0.15) is 0 Å². The van der Waals surface area contributed by atoms with Crippen molar-refractivity contribution in [3.8, 4) is 0 Å². The van der Waals surface area contributed by atoms with Crippen LogP contribution in [0.2, 0.25) is 0 Å². The van der Waals surface area contributed by atoms with Crippen LogP contribution < -0.4 is 0 Å². The molecule has 0 N–H and O–H groups in total. The Bertz CT molecular complexity index is 540. The number of esters is 1. The van der Waals surface area contributed by atoms with Crippen LogP contribution in [-0.4, -0.2) is 13.1 Å². The Morgan fingerprint density at radius 2 is 1.74 bits per heavy atom. The van der Waals surface area contributed by atoms with E-state index >= 15 is 0 Å². The third-order valence-corrected chi connectivity index (χ3v) is 4.55. The Morgan fingerprint density at radius 3 is 2.32 bits per heavy atom. The van der Waals surface area contributed by atoms with Crippen LogP contribution in [0.3, 0.4) is 0 Å². The molecule has 98 valence electrons. The minimum absolute atomic E-state index is 0.227. The quantitative estimate of drug-likeness (QED) is 0.447. The highest BCUT2D eigenvalue weighted by atomic mass is 127. The maximum Gasteiger partial charge on any atom is 0.323 e. The number of ether oxygens (including phenoxy) is 1. The van der Waals surface area contributed by atoms with E-state index in [1.54, 1.807) is 0 Å². The second kappa shape index (κ2) is 6.96. The van der Waals surface area contributed by atoms with Gasteiger partial charge in [-0.15, -0.1) is 11.8 Å². The molecule has 1 atom stereocenters. The molecule has 0 aliphatic carbocycles. The topological polar surface area (TPSA) is 26.3 Å². The molecule has 4 heteroatoms. The zero-order valence-electron chi connectivity index (χ0n) is 10.4. The molecule has 1 unspecified atom stereocenters. The van der Waals surface area contributed by atoms with E-state index in [1.807, 2.05) is 54.6 Å².